The van der Waals surface area contributed by atoms with Gasteiger partial charge in [0.25, 0.3) is 5.91 Å². The van der Waals surface area contributed by atoms with Crippen molar-refractivity contribution in [3.8, 4) is 22.8 Å². The molecular weight excluding hydrogens is 743 g/mol. The van der Waals surface area contributed by atoms with Crippen molar-refractivity contribution in [1.82, 2.24) is 25.2 Å². The molecule has 6 rings (SSSR count). The molecule has 5 unspecified atom stereocenters. The molecule has 2 heterocycles. The molecule has 0 bridgehead atoms. The minimum atomic E-state index is -3.94. The summed E-state index contributed by atoms with van der Waals surface area (Å²) in [5.41, 5.74) is -0.479. The van der Waals surface area contributed by atoms with Gasteiger partial charge in [0.05, 0.1) is 36.5 Å². The van der Waals surface area contributed by atoms with Crippen LogP contribution in [0.1, 0.15) is 59.3 Å². The van der Waals surface area contributed by atoms with E-state index in [-0.39, 0.29) is 25.8 Å². The maximum Gasteiger partial charge on any atom is 0.303 e. The normalized spacial score (nSPS) is 22.4. The first kappa shape index (κ1) is 40.2. The van der Waals surface area contributed by atoms with Gasteiger partial charge in [-0.3, -0.25) is 28.7 Å². The number of rotatable bonds is 15. The van der Waals surface area contributed by atoms with Crippen molar-refractivity contribution in [1.29, 1.82) is 0 Å². The van der Waals surface area contributed by atoms with Gasteiger partial charge in [-0.2, -0.15) is 0 Å². The quantitative estimate of drug-likeness (QED) is 0.164. The number of carbonyl (C=O) groups is 5. The van der Waals surface area contributed by atoms with E-state index in [0.717, 1.165) is 5.56 Å². The number of nitrogens with zero attached hydrogens (tertiary/aromatic N) is 2. The second kappa shape index (κ2) is 15.6. The molecule has 1 aliphatic heterocycles. The van der Waals surface area contributed by atoms with E-state index in [2.05, 4.69) is 21.9 Å². The van der Waals surface area contributed by atoms with Crippen LogP contribution in [0.15, 0.2) is 67.3 Å². The first-order valence-corrected chi connectivity index (χ1v) is 20.0. The Hall–Kier alpha value is -5.51. The first-order valence-electron chi connectivity index (χ1n) is 18.5. The number of aromatic nitrogens is 1. The van der Waals surface area contributed by atoms with E-state index in [9.17, 15) is 32.4 Å². The molecule has 298 valence electrons. The number of methoxy groups -OCH3 is 1. The molecule has 1 aromatic heterocycles. The number of fused-ring (bicyclic) bond motifs is 1. The average molecular weight is 790 g/mol. The number of carbonyl (C=O) groups excluding carboxylic acids is 4. The number of nitrogens with one attached hydrogen (secondary N) is 3. The molecule has 3 aromatic rings. The fourth-order valence-electron chi connectivity index (χ4n) is 7.00. The second-order valence-electron chi connectivity index (χ2n) is 15.7. The van der Waals surface area contributed by atoms with Crippen LogP contribution in [0.5, 0.6) is 11.5 Å². The van der Waals surface area contributed by atoms with E-state index in [0.29, 0.717) is 40.9 Å². The molecule has 0 spiro atoms. The van der Waals surface area contributed by atoms with Gasteiger partial charge < -0.3 is 30.1 Å². The summed E-state index contributed by atoms with van der Waals surface area (Å²) in [5.74, 6) is -3.59. The molecule has 15 nitrogen and oxygen atoms in total. The van der Waals surface area contributed by atoms with Crippen LogP contribution < -0.4 is 24.8 Å². The lowest BCUT2D eigenvalue weighted by Crippen LogP contribution is -2.60. The molecule has 4 N–H and O–H groups in total. The number of amides is 4. The maximum atomic E-state index is 14.6. The highest BCUT2D eigenvalue weighted by Crippen LogP contribution is 2.46. The Labute approximate surface area is 325 Å². The summed E-state index contributed by atoms with van der Waals surface area (Å²) in [5, 5.41) is 14.6. The molecule has 3 fully saturated rings. The summed E-state index contributed by atoms with van der Waals surface area (Å²) in [4.78, 5) is 72.7. The van der Waals surface area contributed by atoms with Crippen molar-refractivity contribution >= 4 is 50.5 Å². The Morgan fingerprint density at radius 2 is 1.79 bits per heavy atom. The van der Waals surface area contributed by atoms with Crippen molar-refractivity contribution in [2.45, 2.75) is 88.3 Å². The van der Waals surface area contributed by atoms with Gasteiger partial charge >= 0.3 is 5.97 Å². The zero-order valence-corrected chi connectivity index (χ0v) is 32.6. The SMILES string of the molecule is C=CC1CC1(NC(=O)C1CC(Oc2cc(-c3ccccc3)nc3cc(OC)ccc23)CN1C(=O)C(NC(=O)CCC(=O)O)C(C)(C)C)C(=O)NS(=O)(=O)C1CC1. The van der Waals surface area contributed by atoms with Crippen LogP contribution in [-0.2, 0) is 34.0 Å². The lowest BCUT2D eigenvalue weighted by molar-refractivity contribution is -0.145. The number of aliphatic carboxylic acids is 1. The summed E-state index contributed by atoms with van der Waals surface area (Å²) < 4.78 is 39.7. The van der Waals surface area contributed by atoms with Gasteiger partial charge in [0.2, 0.25) is 27.7 Å². The van der Waals surface area contributed by atoms with Crippen LogP contribution in [0, 0.1) is 11.3 Å². The third-order valence-corrected chi connectivity index (χ3v) is 12.2. The molecule has 1 saturated heterocycles. The number of sulfonamides is 1. The molecule has 0 radical (unpaired) electrons. The van der Waals surface area contributed by atoms with E-state index in [1.165, 1.54) is 11.0 Å². The van der Waals surface area contributed by atoms with Crippen LogP contribution in [0.4, 0.5) is 0 Å². The Morgan fingerprint density at radius 1 is 1.07 bits per heavy atom. The third-order valence-electron chi connectivity index (χ3n) is 10.4. The number of benzene rings is 2. The highest BCUT2D eigenvalue weighted by Gasteiger charge is 2.62. The number of pyridine rings is 1. The second-order valence-corrected chi connectivity index (χ2v) is 17.6. The van der Waals surface area contributed by atoms with Crippen molar-refractivity contribution in [2.75, 3.05) is 13.7 Å². The zero-order chi connectivity index (χ0) is 40.6. The van der Waals surface area contributed by atoms with E-state index < -0.39 is 86.4 Å². The number of hydrogen-bond donors (Lipinski definition) is 4. The number of carboxylic acid groups (broad SMARTS) is 1. The van der Waals surface area contributed by atoms with Gasteiger partial charge in [-0.1, -0.05) is 57.2 Å². The number of carboxylic acids is 1. The Balaban J connectivity index is 1.34. The summed E-state index contributed by atoms with van der Waals surface area (Å²) in [6.07, 6.45) is 0.840. The van der Waals surface area contributed by atoms with Crippen molar-refractivity contribution in [3.05, 3.63) is 67.3 Å². The number of hydrogen-bond acceptors (Lipinski definition) is 10. The Bertz CT molecular complexity index is 2170. The minimum Gasteiger partial charge on any atom is -0.497 e. The predicted octanol–water partition coefficient (Wildman–Crippen LogP) is 3.32. The standard InChI is InChI=1S/C40H47N5O10S/c1-6-24-21-40(24,38(51)44-56(52,53)27-13-14-27)43-36(49)31-19-26(22-45(31)37(50)35(39(2,3)4)42-33(46)16-17-34(47)48)55-32-20-29(23-10-8-7-9-11-23)41-30-18-25(54-5)12-15-28(30)32/h6-12,15,18,20,24,26-27,31,35H,1,13-14,16-17,19,21-22H2,2-5H3,(H,42,46)(H,43,49)(H,44,51)(H,47,48). The Morgan fingerprint density at radius 3 is 2.39 bits per heavy atom. The van der Waals surface area contributed by atoms with Gasteiger partial charge in [0.15, 0.2) is 0 Å². The predicted molar refractivity (Wildman–Crippen MR) is 206 cm³/mol. The molecule has 5 atom stereocenters. The molecule has 4 amide bonds. The fraction of sp³-hybridized carbons (Fsp3) is 0.450. The van der Waals surface area contributed by atoms with E-state index >= 15 is 0 Å². The molecule has 56 heavy (non-hydrogen) atoms. The van der Waals surface area contributed by atoms with Crippen LogP contribution in [0.25, 0.3) is 22.2 Å². The highest BCUT2D eigenvalue weighted by atomic mass is 32.2. The number of likely N-dealkylation sites (tertiary alicyclic amines) is 1. The lowest BCUT2D eigenvalue weighted by Gasteiger charge is -2.35. The van der Waals surface area contributed by atoms with Crippen molar-refractivity contribution in [3.63, 3.8) is 0 Å². The van der Waals surface area contributed by atoms with E-state index in [1.54, 1.807) is 52.1 Å². The summed E-state index contributed by atoms with van der Waals surface area (Å²) >= 11 is 0. The highest BCUT2D eigenvalue weighted by molar-refractivity contribution is 7.91. The molecule has 3 aliphatic rings. The largest absolute Gasteiger partial charge is 0.497 e. The molecule has 2 aliphatic carbocycles. The smallest absolute Gasteiger partial charge is 0.303 e. The van der Waals surface area contributed by atoms with Gasteiger partial charge in [-0.15, -0.1) is 6.58 Å². The summed E-state index contributed by atoms with van der Waals surface area (Å²) in [6.45, 7) is 8.85. The van der Waals surface area contributed by atoms with E-state index in [4.69, 9.17) is 19.6 Å². The topological polar surface area (TPSA) is 210 Å². The minimum absolute atomic E-state index is 0.0289. The summed E-state index contributed by atoms with van der Waals surface area (Å²) in [6, 6.07) is 14.2. The number of ether oxygens (including phenoxy) is 2. The van der Waals surface area contributed by atoms with Crippen molar-refractivity contribution in [2.24, 2.45) is 11.3 Å². The molecule has 2 saturated carbocycles. The monoisotopic (exact) mass is 789 g/mol. The molecule has 16 heteroatoms. The first-order chi connectivity index (χ1) is 26.4. The Kier molecular flexibility index (Phi) is 11.2. The zero-order valence-electron chi connectivity index (χ0n) is 31.7. The van der Waals surface area contributed by atoms with Crippen LogP contribution in [-0.4, -0.2) is 95.6 Å². The maximum absolute atomic E-state index is 14.6. The van der Waals surface area contributed by atoms with Gasteiger partial charge in [0, 0.05) is 41.8 Å². The van der Waals surface area contributed by atoms with Crippen LogP contribution in [0.2, 0.25) is 0 Å². The summed E-state index contributed by atoms with van der Waals surface area (Å²) in [7, 11) is -2.39. The average Bonchev–Trinajstić information content (AvgIpc) is 4.09. The lowest BCUT2D eigenvalue weighted by atomic mass is 9.85. The van der Waals surface area contributed by atoms with Crippen molar-refractivity contribution < 1.29 is 47.0 Å². The van der Waals surface area contributed by atoms with Crippen LogP contribution in [0.3, 0.4) is 0 Å². The van der Waals surface area contributed by atoms with Gasteiger partial charge in [-0.25, -0.2) is 13.4 Å². The van der Waals surface area contributed by atoms with Gasteiger partial charge in [-0.05, 0) is 36.8 Å². The molecular formula is C40H47N5O10S. The molecule has 2 aromatic carbocycles. The fourth-order valence-corrected chi connectivity index (χ4v) is 8.36. The van der Waals surface area contributed by atoms with Crippen LogP contribution >= 0.6 is 0 Å². The van der Waals surface area contributed by atoms with E-state index in [1.807, 2.05) is 30.3 Å². The van der Waals surface area contributed by atoms with Gasteiger partial charge in [0.1, 0.15) is 35.2 Å². The third kappa shape index (κ3) is 8.64.